The number of anilines is 1. The summed E-state index contributed by atoms with van der Waals surface area (Å²) in [6, 6.07) is 9.62. The molecule has 0 radical (unpaired) electrons. The Balaban J connectivity index is 1.60. The molecule has 21 heavy (non-hydrogen) atoms. The van der Waals surface area contributed by atoms with Crippen LogP contribution in [0.2, 0.25) is 0 Å². The normalized spacial score (nSPS) is 22.2. The zero-order valence-electron chi connectivity index (χ0n) is 12.1. The van der Waals surface area contributed by atoms with Crippen LogP contribution in [0.1, 0.15) is 24.8 Å². The van der Waals surface area contributed by atoms with Gasteiger partial charge in [0.15, 0.2) is 0 Å². The van der Waals surface area contributed by atoms with Crippen LogP contribution in [-0.4, -0.2) is 48.1 Å². The molecule has 0 aliphatic carbocycles. The summed E-state index contributed by atoms with van der Waals surface area (Å²) in [4.78, 5) is 16.7. The van der Waals surface area contributed by atoms with Crippen molar-refractivity contribution in [3.05, 3.63) is 29.8 Å². The molecule has 2 fully saturated rings. The Morgan fingerprint density at radius 3 is 2.76 bits per heavy atom. The lowest BCUT2D eigenvalue weighted by Crippen LogP contribution is -2.38. The Hall–Kier alpha value is -2.06. The van der Waals surface area contributed by atoms with Crippen LogP contribution in [0.15, 0.2) is 24.3 Å². The highest BCUT2D eigenvalue weighted by Gasteiger charge is 2.31. The summed E-state index contributed by atoms with van der Waals surface area (Å²) >= 11 is 0. The molecular formula is C16H20N4O. The molecule has 5 nitrogen and oxygen atoms in total. The topological polar surface area (TPSA) is 59.4 Å². The van der Waals surface area contributed by atoms with Gasteiger partial charge in [-0.05, 0) is 44.5 Å². The third kappa shape index (κ3) is 3.01. The molecule has 1 atom stereocenters. The molecule has 0 saturated carbocycles. The first-order chi connectivity index (χ1) is 10.3. The lowest BCUT2D eigenvalue weighted by Gasteiger charge is -2.23. The van der Waals surface area contributed by atoms with Crippen molar-refractivity contribution >= 4 is 11.7 Å². The number of urea groups is 1. The summed E-state index contributed by atoms with van der Waals surface area (Å²) in [7, 11) is 0. The van der Waals surface area contributed by atoms with E-state index in [1.807, 2.05) is 11.0 Å². The number of rotatable bonds is 2. The third-order valence-corrected chi connectivity index (χ3v) is 4.40. The Kier molecular flexibility index (Phi) is 4.07. The highest BCUT2D eigenvalue weighted by molar-refractivity contribution is 5.91. The smallest absolute Gasteiger partial charge is 0.321 e. The molecule has 0 aromatic heterocycles. The molecule has 1 unspecified atom stereocenters. The molecule has 0 spiro atoms. The number of amides is 2. The fraction of sp³-hybridized carbons (Fsp3) is 0.500. The largest absolute Gasteiger partial charge is 0.323 e. The number of nitrogens with zero attached hydrogens (tertiary/aromatic N) is 3. The zero-order valence-corrected chi connectivity index (χ0v) is 12.1. The standard InChI is InChI=1S/C16H20N4O/c17-11-13-5-1-2-6-15(13)18-16(21)20-10-7-14(12-20)19-8-3-4-9-19/h1-2,5-6,14H,3-4,7-10,12H2,(H,18,21). The Bertz CT molecular complexity index is 560. The van der Waals surface area contributed by atoms with E-state index in [0.29, 0.717) is 17.3 Å². The van der Waals surface area contributed by atoms with Crippen molar-refractivity contribution < 1.29 is 4.79 Å². The maximum atomic E-state index is 12.3. The number of nitrogens with one attached hydrogen (secondary N) is 1. The second kappa shape index (κ2) is 6.15. The SMILES string of the molecule is N#Cc1ccccc1NC(=O)N1CCC(N2CCCC2)C1. The van der Waals surface area contributed by atoms with Gasteiger partial charge in [0.05, 0.1) is 11.3 Å². The first-order valence-corrected chi connectivity index (χ1v) is 7.57. The molecule has 1 N–H and O–H groups in total. The molecule has 5 heteroatoms. The molecule has 3 rings (SSSR count). The van der Waals surface area contributed by atoms with Crippen LogP contribution >= 0.6 is 0 Å². The number of benzene rings is 1. The number of hydrogen-bond donors (Lipinski definition) is 1. The second-order valence-electron chi connectivity index (χ2n) is 5.72. The van der Waals surface area contributed by atoms with Crippen LogP contribution < -0.4 is 5.32 Å². The van der Waals surface area contributed by atoms with E-state index in [-0.39, 0.29) is 6.03 Å². The Morgan fingerprint density at radius 1 is 1.24 bits per heavy atom. The van der Waals surface area contributed by atoms with Gasteiger partial charge in [-0.3, -0.25) is 4.90 Å². The predicted octanol–water partition coefficient (Wildman–Crippen LogP) is 2.26. The number of carbonyl (C=O) groups is 1. The van der Waals surface area contributed by atoms with Crippen LogP contribution in [0.3, 0.4) is 0 Å². The predicted molar refractivity (Wildman–Crippen MR) is 81.0 cm³/mol. The van der Waals surface area contributed by atoms with Gasteiger partial charge in [-0.1, -0.05) is 12.1 Å². The lowest BCUT2D eigenvalue weighted by atomic mass is 10.2. The molecular weight excluding hydrogens is 264 g/mol. The first-order valence-electron chi connectivity index (χ1n) is 7.57. The van der Waals surface area contributed by atoms with Crippen LogP contribution in [0.4, 0.5) is 10.5 Å². The first kappa shape index (κ1) is 13.9. The summed E-state index contributed by atoms with van der Waals surface area (Å²) in [5.41, 5.74) is 1.09. The molecule has 0 bridgehead atoms. The van der Waals surface area contributed by atoms with E-state index in [9.17, 15) is 4.79 Å². The molecule has 2 saturated heterocycles. The monoisotopic (exact) mass is 284 g/mol. The maximum absolute atomic E-state index is 12.3. The quantitative estimate of drug-likeness (QED) is 0.906. The van der Waals surface area contributed by atoms with E-state index in [1.165, 1.54) is 12.8 Å². The van der Waals surface area contributed by atoms with E-state index in [2.05, 4.69) is 16.3 Å². The van der Waals surface area contributed by atoms with Crippen LogP contribution in [0, 0.1) is 11.3 Å². The minimum atomic E-state index is -0.0978. The van der Waals surface area contributed by atoms with Crippen molar-refractivity contribution in [2.75, 3.05) is 31.5 Å². The summed E-state index contributed by atoms with van der Waals surface area (Å²) in [6.07, 6.45) is 3.60. The Labute approximate surface area is 125 Å². The summed E-state index contributed by atoms with van der Waals surface area (Å²) in [6.45, 7) is 3.91. The zero-order chi connectivity index (χ0) is 14.7. The fourth-order valence-electron chi connectivity index (χ4n) is 3.21. The molecule has 1 aromatic rings. The number of hydrogen-bond acceptors (Lipinski definition) is 3. The van der Waals surface area contributed by atoms with Crippen molar-refractivity contribution in [2.24, 2.45) is 0 Å². The van der Waals surface area contributed by atoms with Crippen molar-refractivity contribution in [1.82, 2.24) is 9.80 Å². The summed E-state index contributed by atoms with van der Waals surface area (Å²) < 4.78 is 0. The number of para-hydroxylation sites is 1. The molecule has 2 heterocycles. The van der Waals surface area contributed by atoms with E-state index < -0.39 is 0 Å². The average molecular weight is 284 g/mol. The van der Waals surface area contributed by atoms with Crippen LogP contribution in [-0.2, 0) is 0 Å². The Morgan fingerprint density at radius 2 is 2.00 bits per heavy atom. The van der Waals surface area contributed by atoms with E-state index >= 15 is 0 Å². The number of carbonyl (C=O) groups excluding carboxylic acids is 1. The van der Waals surface area contributed by atoms with Gasteiger partial charge in [0.1, 0.15) is 6.07 Å². The number of likely N-dealkylation sites (tertiary alicyclic amines) is 2. The van der Waals surface area contributed by atoms with Crippen LogP contribution in [0.25, 0.3) is 0 Å². The molecule has 2 aliphatic heterocycles. The van der Waals surface area contributed by atoms with E-state index in [0.717, 1.165) is 32.6 Å². The van der Waals surface area contributed by atoms with Gasteiger partial charge in [0.25, 0.3) is 0 Å². The fourth-order valence-corrected chi connectivity index (χ4v) is 3.21. The third-order valence-electron chi connectivity index (χ3n) is 4.40. The van der Waals surface area contributed by atoms with Crippen molar-refractivity contribution in [1.29, 1.82) is 5.26 Å². The van der Waals surface area contributed by atoms with E-state index in [1.54, 1.807) is 18.2 Å². The van der Waals surface area contributed by atoms with Gasteiger partial charge in [-0.15, -0.1) is 0 Å². The van der Waals surface area contributed by atoms with Crippen molar-refractivity contribution in [3.8, 4) is 6.07 Å². The van der Waals surface area contributed by atoms with E-state index in [4.69, 9.17) is 5.26 Å². The van der Waals surface area contributed by atoms with Crippen molar-refractivity contribution in [2.45, 2.75) is 25.3 Å². The summed E-state index contributed by atoms with van der Waals surface area (Å²) in [5, 5.41) is 11.9. The minimum absolute atomic E-state index is 0.0978. The van der Waals surface area contributed by atoms with Gasteiger partial charge in [0.2, 0.25) is 0 Å². The van der Waals surface area contributed by atoms with Crippen molar-refractivity contribution in [3.63, 3.8) is 0 Å². The van der Waals surface area contributed by atoms with Gasteiger partial charge in [0, 0.05) is 19.1 Å². The van der Waals surface area contributed by atoms with Gasteiger partial charge in [-0.25, -0.2) is 4.79 Å². The highest BCUT2D eigenvalue weighted by atomic mass is 16.2. The minimum Gasteiger partial charge on any atom is -0.323 e. The maximum Gasteiger partial charge on any atom is 0.321 e. The number of nitriles is 1. The summed E-state index contributed by atoms with van der Waals surface area (Å²) in [5.74, 6) is 0. The average Bonchev–Trinajstić information content (AvgIpc) is 3.18. The molecule has 2 amide bonds. The van der Waals surface area contributed by atoms with Gasteiger partial charge in [-0.2, -0.15) is 5.26 Å². The molecule has 1 aromatic carbocycles. The second-order valence-corrected chi connectivity index (χ2v) is 5.72. The van der Waals surface area contributed by atoms with Crippen LogP contribution in [0.5, 0.6) is 0 Å². The highest BCUT2D eigenvalue weighted by Crippen LogP contribution is 2.21. The van der Waals surface area contributed by atoms with Gasteiger partial charge < -0.3 is 10.2 Å². The van der Waals surface area contributed by atoms with Gasteiger partial charge >= 0.3 is 6.03 Å². The molecule has 110 valence electrons. The molecule has 2 aliphatic rings. The lowest BCUT2D eigenvalue weighted by molar-refractivity contribution is 0.210.